The fraction of sp³-hybridized carbons (Fsp3) is 0.258. The fourth-order valence-corrected chi connectivity index (χ4v) is 6.11. The van der Waals surface area contributed by atoms with E-state index < -0.39 is 24.0 Å². The minimum atomic E-state index is -0.612. The molecule has 1 aliphatic rings. The molecule has 0 aliphatic carbocycles. The lowest BCUT2D eigenvalue weighted by Gasteiger charge is -2.15. The van der Waals surface area contributed by atoms with Crippen molar-refractivity contribution in [3.8, 4) is 5.75 Å². The van der Waals surface area contributed by atoms with E-state index in [0.717, 1.165) is 42.0 Å². The van der Waals surface area contributed by atoms with Gasteiger partial charge in [-0.1, -0.05) is 35.9 Å². The maximum absolute atomic E-state index is 14.3. The molecule has 0 radical (unpaired) electrons. The van der Waals surface area contributed by atoms with Gasteiger partial charge in [0, 0.05) is 35.4 Å². The molecule has 0 spiro atoms. The van der Waals surface area contributed by atoms with E-state index in [-0.39, 0.29) is 27.9 Å². The van der Waals surface area contributed by atoms with Gasteiger partial charge in [-0.25, -0.2) is 23.7 Å². The van der Waals surface area contributed by atoms with Gasteiger partial charge in [-0.2, -0.15) is 0 Å². The molecule has 0 bridgehead atoms. The Hall–Kier alpha value is -4.60. The van der Waals surface area contributed by atoms with Gasteiger partial charge in [0.2, 0.25) is 4.80 Å². The molecule has 4 aromatic rings. The number of fused-ring (bicyclic) bond motifs is 1. The van der Waals surface area contributed by atoms with Gasteiger partial charge in [-0.15, -0.1) is 11.8 Å². The van der Waals surface area contributed by atoms with Gasteiger partial charge in [-0.3, -0.25) is 24.9 Å². The lowest BCUT2D eigenvalue weighted by molar-refractivity contribution is -0.137. The average molecular weight is 704 g/mol. The standard InChI is InChI=1S/C16H16N2O4.C15H15ClFN3O3S2/c1-2-21-15(19)18-13-9-6-10-14(11-13)22-16(20)17-12-7-4-3-5-8-12;1-23-13(21)8-24-12-7-11(10(17)6-9(12)16)18-14-19-4-2-3-5-20(19)15(22)25-14/h3-11H,2H2,1H3,(H,17,20)(H,18,19);6-7H,2-5,8H2,1H3/b;18-14-. The smallest absolute Gasteiger partial charge is 0.417 e. The van der Waals surface area contributed by atoms with Crippen molar-refractivity contribution >= 4 is 69.9 Å². The topological polar surface area (TPSA) is 142 Å². The summed E-state index contributed by atoms with van der Waals surface area (Å²) >= 11 is 8.17. The minimum Gasteiger partial charge on any atom is -0.468 e. The number of nitrogens with zero attached hydrogens (tertiary/aromatic N) is 3. The molecule has 2 amide bonds. The number of amides is 2. The number of anilines is 2. The van der Waals surface area contributed by atoms with Crippen LogP contribution in [0.2, 0.25) is 5.02 Å². The normalized spacial score (nSPS) is 12.2. The number of esters is 1. The van der Waals surface area contributed by atoms with Crippen LogP contribution in [0.3, 0.4) is 0 Å². The molecule has 3 aromatic carbocycles. The van der Waals surface area contributed by atoms with Crippen molar-refractivity contribution in [3.63, 3.8) is 0 Å². The van der Waals surface area contributed by atoms with E-state index in [1.165, 1.54) is 19.2 Å². The summed E-state index contributed by atoms with van der Waals surface area (Å²) in [7, 11) is 1.30. The molecule has 2 N–H and O–H groups in total. The van der Waals surface area contributed by atoms with Crippen molar-refractivity contribution in [1.29, 1.82) is 0 Å². The third-order valence-corrected chi connectivity index (χ3v) is 8.59. The molecule has 0 saturated carbocycles. The predicted octanol–water partition coefficient (Wildman–Crippen LogP) is 6.66. The number of carbonyl (C=O) groups excluding carboxylic acids is 3. The lowest BCUT2D eigenvalue weighted by atomic mass is 10.3. The number of ether oxygens (including phenoxy) is 3. The van der Waals surface area contributed by atoms with E-state index in [2.05, 4.69) is 20.4 Å². The van der Waals surface area contributed by atoms with Crippen molar-refractivity contribution in [2.24, 2.45) is 4.99 Å². The summed E-state index contributed by atoms with van der Waals surface area (Å²) < 4.78 is 32.2. The molecule has 12 nitrogen and oxygen atoms in total. The first-order valence-electron chi connectivity index (χ1n) is 14.3. The average Bonchev–Trinajstić information content (AvgIpc) is 3.37. The van der Waals surface area contributed by atoms with Crippen LogP contribution < -0.4 is 25.0 Å². The van der Waals surface area contributed by atoms with Crippen LogP contribution in [0, 0.1) is 5.82 Å². The highest BCUT2D eigenvalue weighted by Gasteiger charge is 2.15. The molecule has 2 heterocycles. The number of hydrogen-bond donors (Lipinski definition) is 2. The molecule has 5 rings (SSSR count). The first-order valence-corrected chi connectivity index (χ1v) is 16.5. The second-order valence-corrected chi connectivity index (χ2v) is 11.9. The van der Waals surface area contributed by atoms with E-state index in [4.69, 9.17) is 21.1 Å². The number of benzene rings is 3. The zero-order valence-electron chi connectivity index (χ0n) is 25.4. The Morgan fingerprint density at radius 3 is 2.40 bits per heavy atom. The van der Waals surface area contributed by atoms with Crippen molar-refractivity contribution < 1.29 is 33.0 Å². The number of nitrogens with one attached hydrogen (secondary N) is 2. The molecule has 0 atom stereocenters. The highest BCUT2D eigenvalue weighted by atomic mass is 35.5. The largest absolute Gasteiger partial charge is 0.468 e. The van der Waals surface area contributed by atoms with Gasteiger partial charge in [0.05, 0.1) is 24.5 Å². The summed E-state index contributed by atoms with van der Waals surface area (Å²) in [6.45, 7) is 3.32. The zero-order valence-corrected chi connectivity index (χ0v) is 27.8. The number of aromatic nitrogens is 2. The lowest BCUT2D eigenvalue weighted by Crippen LogP contribution is -2.31. The van der Waals surface area contributed by atoms with Crippen LogP contribution in [0.5, 0.6) is 5.75 Å². The number of carbonyl (C=O) groups is 3. The molecule has 1 aromatic heterocycles. The maximum Gasteiger partial charge on any atom is 0.417 e. The molecule has 16 heteroatoms. The predicted molar refractivity (Wildman–Crippen MR) is 178 cm³/mol. The quantitative estimate of drug-likeness (QED) is 0.153. The monoisotopic (exact) mass is 703 g/mol. The Kier molecular flexibility index (Phi) is 13.0. The first kappa shape index (κ1) is 35.3. The summed E-state index contributed by atoms with van der Waals surface area (Å²) in [5.41, 5.74) is 1.19. The third kappa shape index (κ3) is 10.5. The van der Waals surface area contributed by atoms with Crippen LogP contribution >= 0.6 is 34.7 Å². The second-order valence-electron chi connectivity index (χ2n) is 9.57. The third-order valence-electron chi connectivity index (χ3n) is 6.27. The molecular weight excluding hydrogens is 673 g/mol. The van der Waals surface area contributed by atoms with E-state index in [1.54, 1.807) is 58.8 Å². The Morgan fingerprint density at radius 2 is 1.68 bits per heavy atom. The van der Waals surface area contributed by atoms with Crippen LogP contribution in [0.15, 0.2) is 81.4 Å². The van der Waals surface area contributed by atoms with Gasteiger partial charge in [0.25, 0.3) is 0 Å². The van der Waals surface area contributed by atoms with Gasteiger partial charge < -0.3 is 14.2 Å². The highest BCUT2D eigenvalue weighted by molar-refractivity contribution is 8.00. The van der Waals surface area contributed by atoms with Crippen LogP contribution in [0.25, 0.3) is 0 Å². The van der Waals surface area contributed by atoms with Crippen molar-refractivity contribution in [2.45, 2.75) is 37.8 Å². The molecule has 47 heavy (non-hydrogen) atoms. The van der Waals surface area contributed by atoms with Crippen molar-refractivity contribution in [3.05, 3.63) is 92.0 Å². The van der Waals surface area contributed by atoms with E-state index in [0.29, 0.717) is 39.9 Å². The molecule has 248 valence electrons. The van der Waals surface area contributed by atoms with Crippen LogP contribution in [-0.4, -0.2) is 47.0 Å². The number of para-hydroxylation sites is 1. The number of methoxy groups -OCH3 is 1. The van der Waals surface area contributed by atoms with Gasteiger partial charge >= 0.3 is 23.0 Å². The molecular formula is C31H31ClFN5O7S2. The first-order chi connectivity index (χ1) is 22.7. The SMILES string of the molecule is CCOC(=O)Nc1cccc(OC(=O)Nc2ccccc2)c1.COC(=O)CSc1cc(/N=c2\sc(=O)n3n2CCCC3)c(F)cc1Cl. The second kappa shape index (κ2) is 17.4. The summed E-state index contributed by atoms with van der Waals surface area (Å²) in [6.07, 6.45) is 0.722. The zero-order chi connectivity index (χ0) is 33.8. The van der Waals surface area contributed by atoms with Crippen LogP contribution in [-0.2, 0) is 27.4 Å². The Morgan fingerprint density at radius 1 is 0.979 bits per heavy atom. The Bertz CT molecular complexity index is 1850. The minimum absolute atomic E-state index is 0.0605. The summed E-state index contributed by atoms with van der Waals surface area (Å²) in [5.74, 6) is -0.615. The van der Waals surface area contributed by atoms with Crippen molar-refractivity contribution in [1.82, 2.24) is 9.36 Å². The number of thioether (sulfide) groups is 1. The maximum atomic E-state index is 14.3. The van der Waals surface area contributed by atoms with Crippen LogP contribution in [0.4, 0.5) is 31.0 Å². The van der Waals surface area contributed by atoms with E-state index in [1.807, 2.05) is 6.07 Å². The van der Waals surface area contributed by atoms with Crippen LogP contribution in [0.1, 0.15) is 19.8 Å². The number of hydrogen-bond acceptors (Lipinski definition) is 10. The van der Waals surface area contributed by atoms with E-state index >= 15 is 0 Å². The molecule has 0 unspecified atom stereocenters. The summed E-state index contributed by atoms with van der Waals surface area (Å²) in [6, 6.07) is 18.1. The van der Waals surface area contributed by atoms with Crippen molar-refractivity contribution in [2.75, 3.05) is 30.1 Å². The molecule has 0 saturated heterocycles. The number of halogens is 2. The Balaban J connectivity index is 0.000000215. The molecule has 0 fully saturated rings. The Labute approximate surface area is 282 Å². The fourth-order valence-electron chi connectivity index (χ4n) is 4.12. The number of rotatable bonds is 8. The van der Waals surface area contributed by atoms with E-state index in [9.17, 15) is 23.6 Å². The highest BCUT2D eigenvalue weighted by Crippen LogP contribution is 2.33. The molecule has 1 aliphatic heterocycles. The summed E-state index contributed by atoms with van der Waals surface area (Å²) in [5, 5.41) is 5.33. The van der Waals surface area contributed by atoms with Gasteiger partial charge in [-0.05, 0) is 67.5 Å². The van der Waals surface area contributed by atoms with Gasteiger partial charge in [0.1, 0.15) is 17.3 Å². The van der Waals surface area contributed by atoms with Gasteiger partial charge in [0.15, 0.2) is 0 Å². The summed E-state index contributed by atoms with van der Waals surface area (Å²) in [4.78, 5) is 51.6.